The van der Waals surface area contributed by atoms with Crippen LogP contribution in [0, 0.1) is 5.82 Å². The molecule has 1 atom stereocenters. The monoisotopic (exact) mass is 255 g/mol. The fourth-order valence-corrected chi connectivity index (χ4v) is 2.12. The second-order valence-corrected chi connectivity index (χ2v) is 4.85. The second-order valence-electron chi connectivity index (χ2n) is 4.85. The lowest BCUT2D eigenvalue weighted by Gasteiger charge is -2.23. The summed E-state index contributed by atoms with van der Waals surface area (Å²) in [5.74, 6) is 5.15. The third-order valence-corrected chi connectivity index (χ3v) is 3.22. The lowest BCUT2D eigenvalue weighted by Crippen LogP contribution is -2.29. The Kier molecular flexibility index (Phi) is 3.63. The molecule has 18 heavy (non-hydrogen) atoms. The van der Waals surface area contributed by atoms with E-state index < -0.39 is 11.4 Å². The molecule has 0 saturated carbocycles. The van der Waals surface area contributed by atoms with Crippen LogP contribution in [0.1, 0.15) is 26.2 Å². The first kappa shape index (κ1) is 13.0. The highest BCUT2D eigenvalue weighted by Crippen LogP contribution is 2.25. The van der Waals surface area contributed by atoms with E-state index >= 15 is 0 Å². The molecule has 0 aliphatic carbocycles. The van der Waals surface area contributed by atoms with Crippen LogP contribution in [0.3, 0.4) is 0 Å². The highest BCUT2D eigenvalue weighted by Gasteiger charge is 2.26. The molecule has 0 radical (unpaired) electrons. The Morgan fingerprint density at radius 2 is 2.28 bits per heavy atom. The van der Waals surface area contributed by atoms with E-state index in [1.165, 1.54) is 0 Å². The molecule has 1 aliphatic heterocycles. The van der Waals surface area contributed by atoms with Gasteiger partial charge in [-0.3, -0.25) is 5.43 Å². The van der Waals surface area contributed by atoms with Gasteiger partial charge in [0.15, 0.2) is 11.6 Å². The number of aliphatic hydroxyl groups is 1. The maximum atomic E-state index is 13.7. The summed E-state index contributed by atoms with van der Waals surface area (Å²) in [6.45, 7) is 3.03. The average molecular weight is 255 g/mol. The maximum absolute atomic E-state index is 13.7. The predicted molar refractivity (Wildman–Crippen MR) is 66.5 cm³/mol. The maximum Gasteiger partial charge on any atom is 0.239 e. The van der Waals surface area contributed by atoms with Crippen LogP contribution in [0.5, 0.6) is 0 Å². The lowest BCUT2D eigenvalue weighted by atomic mass is 9.98. The normalized spacial score (nSPS) is 24.8. The number of nitrogen functional groups attached to an aromatic ring is 1. The van der Waals surface area contributed by atoms with Crippen molar-refractivity contribution >= 4 is 11.8 Å². The number of rotatable bonds is 2. The van der Waals surface area contributed by atoms with E-state index in [-0.39, 0.29) is 11.8 Å². The van der Waals surface area contributed by atoms with Gasteiger partial charge in [-0.15, -0.1) is 0 Å². The molecule has 1 saturated heterocycles. The molecule has 0 spiro atoms. The summed E-state index contributed by atoms with van der Waals surface area (Å²) < 4.78 is 13.7. The fourth-order valence-electron chi connectivity index (χ4n) is 2.12. The predicted octanol–water partition coefficient (Wildman–Crippen LogP) is 0.643. The van der Waals surface area contributed by atoms with Crippen molar-refractivity contribution in [3.05, 3.63) is 12.0 Å². The molecule has 2 rings (SSSR count). The van der Waals surface area contributed by atoms with Crippen LogP contribution in [0.25, 0.3) is 0 Å². The van der Waals surface area contributed by atoms with Crippen molar-refractivity contribution < 1.29 is 9.50 Å². The molecular formula is C11H18FN5O. The van der Waals surface area contributed by atoms with Gasteiger partial charge in [-0.2, -0.15) is 4.98 Å². The summed E-state index contributed by atoms with van der Waals surface area (Å²) in [5.41, 5.74) is 1.61. The number of halogens is 1. The highest BCUT2D eigenvalue weighted by atomic mass is 19.1. The quantitative estimate of drug-likeness (QED) is 0.531. The van der Waals surface area contributed by atoms with E-state index in [1.807, 2.05) is 4.90 Å². The van der Waals surface area contributed by atoms with Crippen molar-refractivity contribution in [1.29, 1.82) is 0 Å². The van der Waals surface area contributed by atoms with Crippen molar-refractivity contribution in [3.8, 4) is 0 Å². The summed E-state index contributed by atoms with van der Waals surface area (Å²) in [4.78, 5) is 9.55. The van der Waals surface area contributed by atoms with E-state index in [0.717, 1.165) is 12.6 Å². The summed E-state index contributed by atoms with van der Waals surface area (Å²) in [6, 6.07) is 0. The number of nitrogens with two attached hydrogens (primary N) is 1. The molecule has 0 aromatic carbocycles. The molecule has 1 aliphatic rings. The molecular weight excluding hydrogens is 237 g/mol. The molecule has 1 unspecified atom stereocenters. The SMILES string of the molecule is CC1(O)CCCN(c2nc(NN)ncc2F)CC1. The van der Waals surface area contributed by atoms with Gasteiger partial charge in [0.25, 0.3) is 0 Å². The Hall–Kier alpha value is -1.47. The van der Waals surface area contributed by atoms with Crippen LogP contribution >= 0.6 is 0 Å². The number of hydrogen-bond donors (Lipinski definition) is 3. The average Bonchev–Trinajstić information content (AvgIpc) is 2.51. The Labute approximate surface area is 105 Å². The third kappa shape index (κ3) is 2.85. The zero-order valence-electron chi connectivity index (χ0n) is 10.4. The van der Waals surface area contributed by atoms with Crippen molar-refractivity contribution in [2.45, 2.75) is 31.8 Å². The van der Waals surface area contributed by atoms with Crippen LogP contribution in [-0.2, 0) is 0 Å². The third-order valence-electron chi connectivity index (χ3n) is 3.22. The first-order valence-electron chi connectivity index (χ1n) is 5.98. The Morgan fingerprint density at radius 1 is 1.50 bits per heavy atom. The summed E-state index contributed by atoms with van der Waals surface area (Å²) in [7, 11) is 0. The van der Waals surface area contributed by atoms with Gasteiger partial charge < -0.3 is 10.0 Å². The molecule has 1 aromatic heterocycles. The van der Waals surface area contributed by atoms with Gasteiger partial charge in [-0.25, -0.2) is 15.2 Å². The second kappa shape index (κ2) is 5.03. The molecule has 6 nitrogen and oxygen atoms in total. The number of nitrogens with one attached hydrogen (secondary N) is 1. The minimum Gasteiger partial charge on any atom is -0.390 e. The van der Waals surface area contributed by atoms with Gasteiger partial charge in [0.1, 0.15) is 0 Å². The largest absolute Gasteiger partial charge is 0.390 e. The van der Waals surface area contributed by atoms with E-state index in [1.54, 1.807) is 6.92 Å². The van der Waals surface area contributed by atoms with E-state index in [0.29, 0.717) is 25.9 Å². The van der Waals surface area contributed by atoms with Gasteiger partial charge >= 0.3 is 0 Å². The summed E-state index contributed by atoms with van der Waals surface area (Å²) in [5, 5.41) is 10.0. The molecule has 100 valence electrons. The van der Waals surface area contributed by atoms with E-state index in [9.17, 15) is 9.50 Å². The Morgan fingerprint density at radius 3 is 3.00 bits per heavy atom. The van der Waals surface area contributed by atoms with Crippen molar-refractivity contribution in [2.24, 2.45) is 5.84 Å². The summed E-state index contributed by atoms with van der Waals surface area (Å²) in [6.07, 6.45) is 3.18. The Bertz CT molecular complexity index is 426. The van der Waals surface area contributed by atoms with Gasteiger partial charge in [-0.1, -0.05) is 0 Å². The number of hydrogen-bond acceptors (Lipinski definition) is 6. The van der Waals surface area contributed by atoms with Crippen LogP contribution < -0.4 is 16.2 Å². The molecule has 0 bridgehead atoms. The molecule has 7 heteroatoms. The fraction of sp³-hybridized carbons (Fsp3) is 0.636. The minimum absolute atomic E-state index is 0.183. The van der Waals surface area contributed by atoms with Crippen molar-refractivity contribution in [3.63, 3.8) is 0 Å². The Balaban J connectivity index is 2.20. The smallest absolute Gasteiger partial charge is 0.239 e. The first-order valence-corrected chi connectivity index (χ1v) is 5.98. The highest BCUT2D eigenvalue weighted by molar-refractivity contribution is 5.43. The number of anilines is 2. The van der Waals surface area contributed by atoms with Crippen molar-refractivity contribution in [2.75, 3.05) is 23.4 Å². The van der Waals surface area contributed by atoms with Gasteiger partial charge in [0, 0.05) is 13.1 Å². The molecule has 1 fully saturated rings. The van der Waals surface area contributed by atoms with Gasteiger partial charge in [-0.05, 0) is 26.2 Å². The summed E-state index contributed by atoms with van der Waals surface area (Å²) >= 11 is 0. The number of nitrogens with zero attached hydrogens (tertiary/aromatic N) is 3. The van der Waals surface area contributed by atoms with E-state index in [2.05, 4.69) is 15.4 Å². The zero-order chi connectivity index (χ0) is 13.2. The van der Waals surface area contributed by atoms with Gasteiger partial charge in [0.05, 0.1) is 11.8 Å². The zero-order valence-corrected chi connectivity index (χ0v) is 10.4. The van der Waals surface area contributed by atoms with E-state index in [4.69, 9.17) is 5.84 Å². The standard InChI is InChI=1S/C11H18FN5O/c1-11(18)3-2-5-17(6-4-11)9-8(12)7-14-10(15-9)16-13/h7,18H,2-6,13H2,1H3,(H,14,15,16). The molecule has 0 amide bonds. The van der Waals surface area contributed by atoms with Crippen LogP contribution in [0.4, 0.5) is 16.2 Å². The van der Waals surface area contributed by atoms with Crippen LogP contribution in [0.2, 0.25) is 0 Å². The van der Waals surface area contributed by atoms with Gasteiger partial charge in [0.2, 0.25) is 5.95 Å². The number of hydrazine groups is 1. The van der Waals surface area contributed by atoms with Crippen LogP contribution in [0.15, 0.2) is 6.20 Å². The topological polar surface area (TPSA) is 87.3 Å². The molecule has 2 heterocycles. The van der Waals surface area contributed by atoms with Crippen molar-refractivity contribution in [1.82, 2.24) is 9.97 Å². The minimum atomic E-state index is -0.687. The molecule has 4 N–H and O–H groups in total. The molecule has 1 aromatic rings. The van der Waals surface area contributed by atoms with Crippen LogP contribution in [-0.4, -0.2) is 33.8 Å². The first-order chi connectivity index (χ1) is 8.52. The lowest BCUT2D eigenvalue weighted by molar-refractivity contribution is 0.0481. The number of aromatic nitrogens is 2.